The highest BCUT2D eigenvalue weighted by molar-refractivity contribution is 5.95. The van der Waals surface area contributed by atoms with Crippen molar-refractivity contribution in [3.05, 3.63) is 84.4 Å². The van der Waals surface area contributed by atoms with Crippen molar-refractivity contribution >= 4 is 16.7 Å². The quantitative estimate of drug-likeness (QED) is 0.293. The lowest BCUT2D eigenvalue weighted by Gasteiger charge is -2.23. The third kappa shape index (κ3) is 4.82. The van der Waals surface area contributed by atoms with Gasteiger partial charge in [0.1, 0.15) is 5.75 Å². The van der Waals surface area contributed by atoms with Gasteiger partial charge in [-0.1, -0.05) is 31.2 Å². The Morgan fingerprint density at radius 1 is 1.05 bits per heavy atom. The van der Waals surface area contributed by atoms with Gasteiger partial charge in [-0.3, -0.25) is 0 Å². The highest BCUT2D eigenvalue weighted by Gasteiger charge is 2.18. The summed E-state index contributed by atoms with van der Waals surface area (Å²) in [7, 11) is 0. The minimum atomic E-state index is 0.319. The van der Waals surface area contributed by atoms with Crippen LogP contribution in [0, 0.1) is 6.92 Å². The molecule has 1 atom stereocenters. The Balaban J connectivity index is 1.36. The molecule has 0 bridgehead atoms. The molecule has 0 radical (unpaired) electrons. The number of pyridine rings is 1. The van der Waals surface area contributed by atoms with Crippen LogP contribution in [0.2, 0.25) is 0 Å². The van der Waals surface area contributed by atoms with E-state index in [1.165, 1.54) is 5.56 Å². The summed E-state index contributed by atoms with van der Waals surface area (Å²) in [4.78, 5) is 13.9. The zero-order valence-corrected chi connectivity index (χ0v) is 21.7. The first-order chi connectivity index (χ1) is 18.7. The highest BCUT2D eigenvalue weighted by atomic mass is 16.5. The van der Waals surface area contributed by atoms with Crippen molar-refractivity contribution in [1.82, 2.24) is 30.0 Å². The second-order valence-electron chi connectivity index (χ2n) is 9.64. The molecule has 6 rings (SSSR count). The molecule has 192 valence electrons. The number of anilines is 1. The van der Waals surface area contributed by atoms with Gasteiger partial charge in [0, 0.05) is 41.9 Å². The first-order valence-electron chi connectivity index (χ1n) is 13.2. The molecule has 1 aliphatic heterocycles. The number of ether oxygens (including phenoxy) is 1. The Labute approximate surface area is 222 Å². The van der Waals surface area contributed by atoms with Gasteiger partial charge in [0.25, 0.3) is 0 Å². The topological polar surface area (TPSA) is 89.8 Å². The van der Waals surface area contributed by atoms with Gasteiger partial charge in [-0.2, -0.15) is 5.10 Å². The van der Waals surface area contributed by atoms with Crippen molar-refractivity contribution in [3.63, 3.8) is 0 Å². The maximum atomic E-state index is 6.58. The molecule has 3 aromatic heterocycles. The Morgan fingerprint density at radius 2 is 2.00 bits per heavy atom. The SMILES string of the molecule is CCc1cnn(-c2cccc3c(Oc4ncccc4-c4ccnc(N[C@H]5CCCNC5)n4)c(C)ccc23)c1. The van der Waals surface area contributed by atoms with E-state index < -0.39 is 0 Å². The number of benzene rings is 2. The number of aryl methyl sites for hydroxylation is 2. The molecular weight excluding hydrogens is 474 g/mol. The summed E-state index contributed by atoms with van der Waals surface area (Å²) in [5.74, 6) is 1.89. The molecule has 0 spiro atoms. The van der Waals surface area contributed by atoms with Crippen molar-refractivity contribution in [1.29, 1.82) is 0 Å². The Kier molecular flexibility index (Phi) is 6.71. The summed E-state index contributed by atoms with van der Waals surface area (Å²) in [5, 5.41) is 13.5. The Hall–Kier alpha value is -4.30. The predicted molar refractivity (Wildman–Crippen MR) is 150 cm³/mol. The molecule has 38 heavy (non-hydrogen) atoms. The average molecular weight is 506 g/mol. The van der Waals surface area contributed by atoms with E-state index >= 15 is 0 Å². The minimum Gasteiger partial charge on any atom is -0.437 e. The van der Waals surface area contributed by atoms with Gasteiger partial charge in [-0.15, -0.1) is 0 Å². The third-order valence-corrected chi connectivity index (χ3v) is 7.01. The second kappa shape index (κ2) is 10.6. The van der Waals surface area contributed by atoms with Crippen LogP contribution < -0.4 is 15.4 Å². The van der Waals surface area contributed by atoms with Crippen LogP contribution in [0.3, 0.4) is 0 Å². The largest absolute Gasteiger partial charge is 0.437 e. The van der Waals surface area contributed by atoms with E-state index in [9.17, 15) is 0 Å². The van der Waals surface area contributed by atoms with Crippen molar-refractivity contribution in [2.75, 3.05) is 18.4 Å². The lowest BCUT2D eigenvalue weighted by atomic mass is 10.0. The molecule has 1 saturated heterocycles. The van der Waals surface area contributed by atoms with Crippen molar-refractivity contribution in [3.8, 4) is 28.6 Å². The number of fused-ring (bicyclic) bond motifs is 1. The van der Waals surface area contributed by atoms with Crippen LogP contribution in [0.4, 0.5) is 5.95 Å². The molecule has 0 unspecified atom stereocenters. The van der Waals surface area contributed by atoms with Crippen LogP contribution in [-0.2, 0) is 6.42 Å². The fraction of sp³-hybridized carbons (Fsp3) is 0.267. The third-order valence-electron chi connectivity index (χ3n) is 7.01. The molecular formula is C30H31N7O. The summed E-state index contributed by atoms with van der Waals surface area (Å²) < 4.78 is 8.52. The number of hydrogen-bond acceptors (Lipinski definition) is 7. The average Bonchev–Trinajstić information content (AvgIpc) is 3.44. The first-order valence-corrected chi connectivity index (χ1v) is 13.2. The zero-order chi connectivity index (χ0) is 25.9. The molecule has 8 heteroatoms. The fourth-order valence-electron chi connectivity index (χ4n) is 4.93. The van der Waals surface area contributed by atoms with E-state index in [1.807, 2.05) is 35.1 Å². The normalized spacial score (nSPS) is 15.5. The summed E-state index contributed by atoms with van der Waals surface area (Å²) in [5.41, 5.74) is 4.80. The van der Waals surface area contributed by atoms with Crippen LogP contribution in [0.1, 0.15) is 30.9 Å². The van der Waals surface area contributed by atoms with Crippen molar-refractivity contribution in [2.24, 2.45) is 0 Å². The van der Waals surface area contributed by atoms with Crippen LogP contribution in [0.15, 0.2) is 73.3 Å². The van der Waals surface area contributed by atoms with Gasteiger partial charge in [-0.25, -0.2) is 19.6 Å². The van der Waals surface area contributed by atoms with Crippen molar-refractivity contribution < 1.29 is 4.74 Å². The molecule has 8 nitrogen and oxygen atoms in total. The number of hydrogen-bond donors (Lipinski definition) is 2. The van der Waals surface area contributed by atoms with E-state index in [-0.39, 0.29) is 0 Å². The minimum absolute atomic E-state index is 0.319. The van der Waals surface area contributed by atoms with Gasteiger partial charge in [-0.05, 0) is 68.1 Å². The molecule has 5 aromatic rings. The summed E-state index contributed by atoms with van der Waals surface area (Å²) >= 11 is 0. The lowest BCUT2D eigenvalue weighted by molar-refractivity contribution is 0.466. The van der Waals surface area contributed by atoms with Gasteiger partial charge in [0.05, 0.1) is 23.1 Å². The molecule has 4 heterocycles. The second-order valence-corrected chi connectivity index (χ2v) is 9.64. The van der Waals surface area contributed by atoms with Crippen LogP contribution in [0.5, 0.6) is 11.6 Å². The van der Waals surface area contributed by atoms with Crippen LogP contribution in [0.25, 0.3) is 27.7 Å². The number of aromatic nitrogens is 5. The van der Waals surface area contributed by atoms with E-state index in [2.05, 4.69) is 70.0 Å². The smallest absolute Gasteiger partial charge is 0.228 e. The van der Waals surface area contributed by atoms with Crippen molar-refractivity contribution in [2.45, 2.75) is 39.2 Å². The first kappa shape index (κ1) is 24.1. The molecule has 2 aromatic carbocycles. The van der Waals surface area contributed by atoms with E-state index in [4.69, 9.17) is 9.72 Å². The molecule has 1 fully saturated rings. The molecule has 1 aliphatic rings. The van der Waals surface area contributed by atoms with E-state index in [0.717, 1.165) is 71.4 Å². The van der Waals surface area contributed by atoms with Gasteiger partial charge < -0.3 is 15.4 Å². The summed E-state index contributed by atoms with van der Waals surface area (Å²) in [6, 6.07) is 16.5. The maximum absolute atomic E-state index is 6.58. The maximum Gasteiger partial charge on any atom is 0.228 e. The highest BCUT2D eigenvalue weighted by Crippen LogP contribution is 2.38. The van der Waals surface area contributed by atoms with Gasteiger partial charge >= 0.3 is 0 Å². The number of nitrogens with zero attached hydrogens (tertiary/aromatic N) is 5. The molecule has 0 amide bonds. The summed E-state index contributed by atoms with van der Waals surface area (Å²) in [6.45, 7) is 6.16. The predicted octanol–water partition coefficient (Wildman–Crippen LogP) is 5.70. The van der Waals surface area contributed by atoms with Crippen LogP contribution in [-0.4, -0.2) is 43.9 Å². The molecule has 0 saturated carbocycles. The van der Waals surface area contributed by atoms with E-state index in [0.29, 0.717) is 17.9 Å². The monoisotopic (exact) mass is 505 g/mol. The Bertz CT molecular complexity index is 1570. The van der Waals surface area contributed by atoms with Crippen LogP contribution >= 0.6 is 0 Å². The van der Waals surface area contributed by atoms with Gasteiger partial charge in [0.15, 0.2) is 0 Å². The number of rotatable bonds is 7. The summed E-state index contributed by atoms with van der Waals surface area (Å²) in [6.07, 6.45) is 10.7. The lowest BCUT2D eigenvalue weighted by Crippen LogP contribution is -2.38. The van der Waals surface area contributed by atoms with Gasteiger partial charge in [0.2, 0.25) is 11.8 Å². The van der Waals surface area contributed by atoms with E-state index in [1.54, 1.807) is 12.4 Å². The molecule has 0 aliphatic carbocycles. The molecule has 2 N–H and O–H groups in total. The standard InChI is InChI=1S/C30H31N7O/c1-3-21-17-34-37(19-21)27-10-4-8-24-23(27)12-11-20(2)28(24)38-29-25(9-6-15-32-29)26-13-16-33-30(36-26)35-22-7-5-14-31-18-22/h4,6,8-13,15-17,19,22,31H,3,5,7,14,18H2,1-2H3,(H,33,35,36)/t22-/m0/s1. The number of nitrogens with one attached hydrogen (secondary N) is 2. The number of piperidine rings is 1. The Morgan fingerprint density at radius 3 is 2.84 bits per heavy atom. The zero-order valence-electron chi connectivity index (χ0n) is 21.7. The fourth-order valence-corrected chi connectivity index (χ4v) is 4.93.